The number of esters is 1. The third-order valence-electron chi connectivity index (χ3n) is 2.66. The Balaban J connectivity index is 3.37. The van der Waals surface area contributed by atoms with Crippen LogP contribution in [0.4, 0.5) is 0 Å². The number of ketones is 1. The summed E-state index contributed by atoms with van der Waals surface area (Å²) in [5.74, 6) is 0.353. The number of hydrogen-bond donors (Lipinski definition) is 1. The third kappa shape index (κ3) is 11.4. The van der Waals surface area contributed by atoms with Gasteiger partial charge in [0.15, 0.2) is 0 Å². The lowest BCUT2D eigenvalue weighted by Gasteiger charge is -2.09. The second-order valence-corrected chi connectivity index (χ2v) is 4.54. The maximum absolute atomic E-state index is 11.3. The van der Waals surface area contributed by atoms with E-state index in [0.29, 0.717) is 31.8 Å². The Morgan fingerprint density at radius 1 is 1.18 bits per heavy atom. The van der Waals surface area contributed by atoms with E-state index in [1.807, 2.05) is 6.92 Å². The van der Waals surface area contributed by atoms with Crippen molar-refractivity contribution in [1.82, 2.24) is 0 Å². The number of aliphatic hydroxyl groups excluding tert-OH is 1. The van der Waals surface area contributed by atoms with Gasteiger partial charge >= 0.3 is 5.97 Å². The predicted octanol–water partition coefficient (Wildman–Crippen LogP) is 2.09. The minimum atomic E-state index is -0.190. The molecule has 0 saturated heterocycles. The largest absolute Gasteiger partial charge is 0.466 e. The molecule has 0 rings (SSSR count). The van der Waals surface area contributed by atoms with E-state index in [1.165, 1.54) is 0 Å². The van der Waals surface area contributed by atoms with Crippen molar-refractivity contribution in [2.45, 2.75) is 52.4 Å². The standard InChI is InChI=1S/C13H24O4/c1-11(7-9-14)8-10-17-13(16)6-4-3-5-12(2)15/h11,14H,3-10H2,1-2H3. The van der Waals surface area contributed by atoms with Gasteiger partial charge in [-0.2, -0.15) is 0 Å². The van der Waals surface area contributed by atoms with Crippen LogP contribution in [0.5, 0.6) is 0 Å². The lowest BCUT2D eigenvalue weighted by atomic mass is 10.1. The number of aliphatic hydroxyl groups is 1. The first kappa shape index (κ1) is 16.1. The fourth-order valence-electron chi connectivity index (χ4n) is 1.45. The van der Waals surface area contributed by atoms with Crippen LogP contribution in [0.2, 0.25) is 0 Å². The predicted molar refractivity (Wildman–Crippen MR) is 65.6 cm³/mol. The first-order chi connectivity index (χ1) is 8.06. The molecule has 1 atom stereocenters. The molecule has 100 valence electrons. The summed E-state index contributed by atoms with van der Waals surface area (Å²) in [6.07, 6.45) is 3.94. The van der Waals surface area contributed by atoms with Gasteiger partial charge in [0.25, 0.3) is 0 Å². The highest BCUT2D eigenvalue weighted by atomic mass is 16.5. The van der Waals surface area contributed by atoms with Crippen molar-refractivity contribution in [3.8, 4) is 0 Å². The molecule has 4 heteroatoms. The van der Waals surface area contributed by atoms with E-state index in [-0.39, 0.29) is 18.4 Å². The van der Waals surface area contributed by atoms with E-state index >= 15 is 0 Å². The van der Waals surface area contributed by atoms with Crippen LogP contribution >= 0.6 is 0 Å². The Kier molecular flexibility index (Phi) is 9.72. The zero-order valence-corrected chi connectivity index (χ0v) is 10.9. The quantitative estimate of drug-likeness (QED) is 0.472. The number of carbonyl (C=O) groups is 2. The van der Waals surface area contributed by atoms with Crippen LogP contribution in [0.3, 0.4) is 0 Å². The summed E-state index contributed by atoms with van der Waals surface area (Å²) in [4.78, 5) is 21.9. The van der Waals surface area contributed by atoms with Crippen LogP contribution in [0.15, 0.2) is 0 Å². The monoisotopic (exact) mass is 244 g/mol. The Morgan fingerprint density at radius 3 is 2.41 bits per heavy atom. The molecule has 0 bridgehead atoms. The number of unbranched alkanes of at least 4 members (excludes halogenated alkanes) is 1. The van der Waals surface area contributed by atoms with Crippen LogP contribution in [0.1, 0.15) is 52.4 Å². The van der Waals surface area contributed by atoms with E-state index in [2.05, 4.69) is 0 Å². The molecule has 0 fully saturated rings. The highest BCUT2D eigenvalue weighted by molar-refractivity contribution is 5.75. The first-order valence-corrected chi connectivity index (χ1v) is 6.32. The molecule has 0 aliphatic carbocycles. The molecule has 0 radical (unpaired) electrons. The minimum Gasteiger partial charge on any atom is -0.466 e. The Labute approximate surface area is 103 Å². The van der Waals surface area contributed by atoms with Crippen LogP contribution < -0.4 is 0 Å². The zero-order valence-electron chi connectivity index (χ0n) is 10.9. The van der Waals surface area contributed by atoms with Gasteiger partial charge in [-0.1, -0.05) is 6.92 Å². The number of hydrogen-bond acceptors (Lipinski definition) is 4. The molecule has 0 aliphatic heterocycles. The number of ether oxygens (including phenoxy) is 1. The van der Waals surface area contributed by atoms with Gasteiger partial charge in [0, 0.05) is 19.4 Å². The van der Waals surface area contributed by atoms with Crippen molar-refractivity contribution in [1.29, 1.82) is 0 Å². The van der Waals surface area contributed by atoms with E-state index in [0.717, 1.165) is 19.3 Å². The van der Waals surface area contributed by atoms with E-state index < -0.39 is 0 Å². The Bertz CT molecular complexity index is 225. The smallest absolute Gasteiger partial charge is 0.305 e. The third-order valence-corrected chi connectivity index (χ3v) is 2.66. The molecular formula is C13H24O4. The average molecular weight is 244 g/mol. The van der Waals surface area contributed by atoms with Crippen LogP contribution in [-0.2, 0) is 14.3 Å². The molecule has 1 unspecified atom stereocenters. The molecule has 17 heavy (non-hydrogen) atoms. The average Bonchev–Trinajstić information content (AvgIpc) is 2.24. The van der Waals surface area contributed by atoms with Crippen LogP contribution in [0, 0.1) is 5.92 Å². The molecule has 1 N–H and O–H groups in total. The highest BCUT2D eigenvalue weighted by Crippen LogP contribution is 2.07. The molecular weight excluding hydrogens is 220 g/mol. The van der Waals surface area contributed by atoms with Crippen molar-refractivity contribution < 1.29 is 19.4 Å². The zero-order chi connectivity index (χ0) is 13.1. The van der Waals surface area contributed by atoms with E-state index in [9.17, 15) is 9.59 Å². The molecule has 0 saturated carbocycles. The number of Topliss-reactive ketones (excluding diaryl/α,β-unsaturated/α-hetero) is 1. The van der Waals surface area contributed by atoms with Crippen molar-refractivity contribution in [2.75, 3.05) is 13.2 Å². The van der Waals surface area contributed by atoms with Gasteiger partial charge in [0.05, 0.1) is 6.61 Å². The molecule has 0 aromatic heterocycles. The van der Waals surface area contributed by atoms with Crippen LogP contribution in [0.25, 0.3) is 0 Å². The van der Waals surface area contributed by atoms with Gasteiger partial charge in [-0.05, 0) is 38.5 Å². The molecule has 0 heterocycles. The van der Waals surface area contributed by atoms with Gasteiger partial charge in [-0.25, -0.2) is 0 Å². The summed E-state index contributed by atoms with van der Waals surface area (Å²) in [7, 11) is 0. The molecule has 0 aliphatic rings. The minimum absolute atomic E-state index is 0.163. The molecule has 0 spiro atoms. The summed E-state index contributed by atoms with van der Waals surface area (Å²) in [6, 6.07) is 0. The molecule has 0 aromatic rings. The van der Waals surface area contributed by atoms with Crippen LogP contribution in [-0.4, -0.2) is 30.1 Å². The number of carbonyl (C=O) groups excluding carboxylic acids is 2. The fraction of sp³-hybridized carbons (Fsp3) is 0.846. The number of rotatable bonds is 10. The van der Waals surface area contributed by atoms with Gasteiger partial charge in [-0.15, -0.1) is 0 Å². The Morgan fingerprint density at radius 2 is 1.82 bits per heavy atom. The van der Waals surface area contributed by atoms with Gasteiger partial charge in [0.1, 0.15) is 5.78 Å². The second kappa shape index (κ2) is 10.3. The van der Waals surface area contributed by atoms with Crippen molar-refractivity contribution >= 4 is 11.8 Å². The van der Waals surface area contributed by atoms with Gasteiger partial charge < -0.3 is 14.6 Å². The summed E-state index contributed by atoms with van der Waals surface area (Å²) < 4.78 is 5.06. The van der Waals surface area contributed by atoms with E-state index in [4.69, 9.17) is 9.84 Å². The maximum Gasteiger partial charge on any atom is 0.305 e. The van der Waals surface area contributed by atoms with Crippen molar-refractivity contribution in [3.63, 3.8) is 0 Å². The normalized spacial score (nSPS) is 12.2. The molecule has 0 aromatic carbocycles. The first-order valence-electron chi connectivity index (χ1n) is 6.32. The lowest BCUT2D eigenvalue weighted by Crippen LogP contribution is -2.09. The van der Waals surface area contributed by atoms with Gasteiger partial charge in [0.2, 0.25) is 0 Å². The topological polar surface area (TPSA) is 63.6 Å². The summed E-state index contributed by atoms with van der Waals surface area (Å²) in [5.41, 5.74) is 0. The fourth-order valence-corrected chi connectivity index (χ4v) is 1.45. The highest BCUT2D eigenvalue weighted by Gasteiger charge is 2.05. The van der Waals surface area contributed by atoms with Gasteiger partial charge in [-0.3, -0.25) is 4.79 Å². The van der Waals surface area contributed by atoms with E-state index in [1.54, 1.807) is 6.92 Å². The lowest BCUT2D eigenvalue weighted by molar-refractivity contribution is -0.144. The maximum atomic E-state index is 11.3. The van der Waals surface area contributed by atoms with Crippen molar-refractivity contribution in [2.24, 2.45) is 5.92 Å². The van der Waals surface area contributed by atoms with Crippen molar-refractivity contribution in [3.05, 3.63) is 0 Å². The molecule has 0 amide bonds. The second-order valence-electron chi connectivity index (χ2n) is 4.54. The summed E-state index contributed by atoms with van der Waals surface area (Å²) in [6.45, 7) is 4.19. The Hall–Kier alpha value is -0.900. The summed E-state index contributed by atoms with van der Waals surface area (Å²) >= 11 is 0. The SMILES string of the molecule is CC(=O)CCCCC(=O)OCCC(C)CCO. The summed E-state index contributed by atoms with van der Waals surface area (Å²) in [5, 5.41) is 8.70. The molecule has 4 nitrogen and oxygen atoms in total.